The molecule has 0 nitrogen and oxygen atoms in total. The molecule has 0 radical (unpaired) electrons. The quantitative estimate of drug-likeness (QED) is 0.0340. The average molecular weight is 2110 g/mol. The third-order valence-corrected chi connectivity index (χ3v) is 41.7. The summed E-state index contributed by atoms with van der Waals surface area (Å²) < 4.78 is 136. The number of hydrogen-bond acceptors (Lipinski definition) is 0. The zero-order valence-electron chi connectivity index (χ0n) is 92.2. The molecule has 0 aliphatic heterocycles. The highest BCUT2D eigenvalue weighted by atomic mass is 35.5. The Morgan fingerprint density at radius 3 is 0.851 bits per heavy atom. The predicted octanol–water partition coefficient (Wildman–Crippen LogP) is 41.9. The Labute approximate surface area is 904 Å². The summed E-state index contributed by atoms with van der Waals surface area (Å²) in [7, 11) is 0. The van der Waals surface area contributed by atoms with Gasteiger partial charge in [-0.3, -0.25) is 0 Å². The number of benzene rings is 7. The fourth-order valence-electron chi connectivity index (χ4n) is 32.1. The van der Waals surface area contributed by atoms with Gasteiger partial charge in [0, 0.05) is 5.02 Å². The first-order valence-electron chi connectivity index (χ1n) is 61.4. The zero-order valence-corrected chi connectivity index (χ0v) is 94.4. The molecule has 7 aromatic carbocycles. The molecule has 21 rings (SSSR count). The molecule has 7 unspecified atom stereocenters. The summed E-state index contributed by atoms with van der Waals surface area (Å²) in [5, 5.41) is 1.47. The third kappa shape index (κ3) is 32.5. The molecule has 0 spiro atoms. The van der Waals surface area contributed by atoms with Crippen molar-refractivity contribution in [3.8, 4) is 0 Å². The summed E-state index contributed by atoms with van der Waals surface area (Å²) in [6, 6.07) is 26.5. The van der Waals surface area contributed by atoms with E-state index in [2.05, 4.69) is 72.7 Å². The molecule has 7 aromatic rings. The van der Waals surface area contributed by atoms with Crippen molar-refractivity contribution >= 4 is 34.8 Å². The van der Waals surface area contributed by atoms with E-state index in [1.165, 1.54) is 379 Å². The molecule has 0 saturated heterocycles. The van der Waals surface area contributed by atoms with Crippen molar-refractivity contribution in [2.45, 2.75) is 466 Å². The second-order valence-electron chi connectivity index (χ2n) is 50.2. The van der Waals surface area contributed by atoms with E-state index in [1.807, 2.05) is 18.2 Å². The van der Waals surface area contributed by atoms with Gasteiger partial charge >= 0.3 is 0 Å². The van der Waals surface area contributed by atoms with Crippen LogP contribution >= 0.6 is 34.8 Å². The Balaban J connectivity index is 0.000000129. The van der Waals surface area contributed by atoms with Crippen LogP contribution in [0.2, 0.25) is 15.1 Å². The molecule has 0 N–H and O–H groups in total. The molecule has 148 heavy (non-hydrogen) atoms. The average Bonchev–Trinajstić information content (AvgIpc) is 0.807. The smallest absolute Gasteiger partial charge is 0.194 e. The van der Waals surface area contributed by atoms with Crippen LogP contribution in [0, 0.1) is 182 Å². The van der Waals surface area contributed by atoms with E-state index in [1.54, 1.807) is 29.8 Å². The van der Waals surface area contributed by atoms with Gasteiger partial charge in [0.1, 0.15) is 17.5 Å². The number of aryl methyl sites for hydroxylation is 4. The van der Waals surface area contributed by atoms with Gasteiger partial charge in [-0.1, -0.05) is 300 Å². The summed E-state index contributed by atoms with van der Waals surface area (Å²) in [5.41, 5.74) is 15.3. The Hall–Kier alpha value is -5.29. The number of hydrogen-bond donors (Lipinski definition) is 0. The molecule has 13 heteroatoms. The largest absolute Gasteiger partial charge is 0.207 e. The van der Waals surface area contributed by atoms with Crippen LogP contribution in [0.4, 0.5) is 43.9 Å². The van der Waals surface area contributed by atoms with E-state index < -0.39 is 40.7 Å². The van der Waals surface area contributed by atoms with Gasteiger partial charge in [0.15, 0.2) is 40.7 Å². The molecule has 7 atom stereocenters. The molecule has 14 aliphatic rings. The van der Waals surface area contributed by atoms with Crippen LogP contribution in [0.3, 0.4) is 0 Å². The fraction of sp³-hybridized carbons (Fsp3) is 0.689. The zero-order chi connectivity index (χ0) is 104. The van der Waals surface area contributed by atoms with Crippen molar-refractivity contribution in [3.05, 3.63) is 242 Å². The molecule has 818 valence electrons. The summed E-state index contributed by atoms with van der Waals surface area (Å²) in [5.74, 6) is 11.4. The maximum atomic E-state index is 14.1. The Morgan fingerprint density at radius 1 is 0.189 bits per heavy atom. The highest BCUT2D eigenvalue weighted by Gasteiger charge is 2.40. The number of halogens is 13. The highest BCUT2D eigenvalue weighted by Crippen LogP contribution is 2.51. The predicted molar refractivity (Wildman–Crippen MR) is 600 cm³/mol. The fourth-order valence-corrected chi connectivity index (χ4v) is 32.7. The lowest BCUT2D eigenvalue weighted by Crippen LogP contribution is -2.27. The van der Waals surface area contributed by atoms with Gasteiger partial charge in [0.2, 0.25) is 0 Å². The van der Waals surface area contributed by atoms with E-state index in [0.717, 1.165) is 211 Å². The first-order chi connectivity index (χ1) is 71.8. The van der Waals surface area contributed by atoms with Crippen LogP contribution in [0.1, 0.15) is 454 Å². The summed E-state index contributed by atoms with van der Waals surface area (Å²) in [4.78, 5) is 0. The van der Waals surface area contributed by atoms with Gasteiger partial charge in [0.05, 0.1) is 10.0 Å². The van der Waals surface area contributed by atoms with Crippen LogP contribution in [-0.4, -0.2) is 0 Å². The van der Waals surface area contributed by atoms with Crippen LogP contribution in [0.15, 0.2) is 91.0 Å². The SMILES string of the molecule is CCCC1CCC(C2CCc3c(cc(F)c(F)c3F)C2)CC1.CCCC1CCC(C2CCc3c(ccc(Cl)c3F)C2)CC1.CCCC1CCC(C2CCc3c(ccc(F)c3F)C2)CC1.CCCC1CCC(C2CCc3cc(Cl)c(F)cc3C2)CC1.CCCC1CCC(C2CCc3cc(Cl)ccc3C2)CC1.CCCC1CCC(C2CCc3cc(F)c(F)cc3C2)CC1.CCCCCC1CCC(C2CCc3cc(F)ccc3C2)CC1. The lowest BCUT2D eigenvalue weighted by atomic mass is 9.69. The Kier molecular flexibility index (Phi) is 46.3. The second kappa shape index (κ2) is 58.7. The monoisotopic (exact) mass is 2100 g/mol. The van der Waals surface area contributed by atoms with Gasteiger partial charge in [-0.25, -0.2) is 43.9 Å². The van der Waals surface area contributed by atoms with E-state index in [4.69, 9.17) is 34.8 Å². The minimum Gasteiger partial charge on any atom is -0.207 e. The molecule has 0 aromatic heterocycles. The van der Waals surface area contributed by atoms with Gasteiger partial charge in [-0.15, -0.1) is 0 Å². The first-order valence-corrected chi connectivity index (χ1v) is 62.5. The second-order valence-corrected chi connectivity index (χ2v) is 51.5. The molecule has 7 saturated carbocycles. The molecule has 0 bridgehead atoms. The van der Waals surface area contributed by atoms with Gasteiger partial charge in [-0.05, 0) is 494 Å². The Bertz CT molecular complexity index is 4950. The van der Waals surface area contributed by atoms with E-state index in [9.17, 15) is 43.9 Å². The van der Waals surface area contributed by atoms with Gasteiger partial charge in [-0.2, -0.15) is 0 Å². The van der Waals surface area contributed by atoms with Crippen LogP contribution in [0.25, 0.3) is 0 Å². The molecule has 0 heterocycles. The maximum Gasteiger partial charge on any atom is 0.194 e. The number of rotatable bonds is 23. The minimum atomic E-state index is -1.31. The first kappa shape index (κ1) is 117. The number of unbranched alkanes of at least 4 members (excludes halogenated alkanes) is 2. The van der Waals surface area contributed by atoms with E-state index in [-0.39, 0.29) is 27.5 Å². The molecule has 0 amide bonds. The number of fused-ring (bicyclic) bond motifs is 7. The van der Waals surface area contributed by atoms with Crippen molar-refractivity contribution in [3.63, 3.8) is 0 Å². The lowest BCUT2D eigenvalue weighted by molar-refractivity contribution is 0.183. The molecular weight excluding hydrogens is 1920 g/mol. The van der Waals surface area contributed by atoms with Crippen LogP contribution < -0.4 is 0 Å². The summed E-state index contributed by atoms with van der Waals surface area (Å²) in [6.45, 7) is 16.0. The van der Waals surface area contributed by atoms with Crippen molar-refractivity contribution in [2.75, 3.05) is 0 Å². The minimum absolute atomic E-state index is 0.0650. The van der Waals surface area contributed by atoms with Gasteiger partial charge < -0.3 is 0 Å². The molecule has 7 fully saturated rings. The topological polar surface area (TPSA) is 0 Å². The van der Waals surface area contributed by atoms with Crippen molar-refractivity contribution in [1.29, 1.82) is 0 Å². The molecule has 14 aliphatic carbocycles. The van der Waals surface area contributed by atoms with Crippen molar-refractivity contribution in [1.82, 2.24) is 0 Å². The lowest BCUT2D eigenvalue weighted by Gasteiger charge is -2.36. The third-order valence-electron chi connectivity index (χ3n) is 40.9. The van der Waals surface area contributed by atoms with Crippen molar-refractivity contribution in [2.24, 2.45) is 124 Å². The van der Waals surface area contributed by atoms with E-state index in [0.29, 0.717) is 53.2 Å². The summed E-state index contributed by atoms with van der Waals surface area (Å²) in [6.07, 6.45) is 82.7. The van der Waals surface area contributed by atoms with Crippen LogP contribution in [-0.2, 0) is 89.9 Å². The molecular formula is C135H187Cl3F10. The maximum absolute atomic E-state index is 14.1. The van der Waals surface area contributed by atoms with Crippen molar-refractivity contribution < 1.29 is 43.9 Å². The Morgan fingerprint density at radius 2 is 0.473 bits per heavy atom. The summed E-state index contributed by atoms with van der Waals surface area (Å²) >= 11 is 17.9. The highest BCUT2D eigenvalue weighted by molar-refractivity contribution is 6.31. The van der Waals surface area contributed by atoms with E-state index >= 15 is 0 Å². The normalized spacial score (nSPS) is 29.1. The van der Waals surface area contributed by atoms with Gasteiger partial charge in [0.25, 0.3) is 0 Å². The standard InChI is InChI=1S/C21H31F.2C19H26ClF.C19H27Cl.C19H25F3.2C19H26F2/c1-2-3-4-5-16-6-8-17(9-7-16)18-10-11-20-15-21(22)13-12-19(20)14-18;1-2-3-13-4-6-14(7-5-13)15-8-10-17-16(12-15)9-11-18(20)19(17)21;1-2-3-13-4-6-14(7-5-13)15-8-9-16-11-18(20)19(21)12-17(16)10-15;1-2-3-14-4-6-15(7-5-14)16-8-9-18-13-19(20)11-10-17(18)12-16;1-2-3-12-4-6-13(7-5-12)14-8-9-16-15(10-14)11-17(20)19(22)18(16)21;1-2-3-13-4-6-14(7-5-13)15-8-10-17-16(12-15)9-11-18(20)19(17)21;1-2-3-13-4-6-14(7-5-13)15-8-9-16-11-18(20)19(21)12-17(16)10-15/h12-13,15-18H,2-11,14H2,1H3;9,11,13-15H,2-8,10,12H2,1H3;11-15H,2-10H2,1H3;10-11,13-16H,2-9,12H2,1H3;11-14H,2-10H2,1H3;9,11,13-15H,2-8,10,12H2,1H3;11-15H,2-10H2,1H3. The van der Waals surface area contributed by atoms with Crippen LogP contribution in [0.5, 0.6) is 0 Å².